The summed E-state index contributed by atoms with van der Waals surface area (Å²) in [4.78, 5) is 0. The molecule has 0 aliphatic carbocycles. The fourth-order valence-electron chi connectivity index (χ4n) is 3.40. The highest BCUT2D eigenvalue weighted by Gasteiger charge is 2.48. The van der Waals surface area contributed by atoms with E-state index in [1.807, 2.05) is 18.2 Å². The third-order valence-electron chi connectivity index (χ3n) is 4.67. The Kier molecular flexibility index (Phi) is 3.59. The molecule has 1 saturated heterocycles. The lowest BCUT2D eigenvalue weighted by molar-refractivity contribution is -0.160. The first-order valence-corrected chi connectivity index (χ1v) is 8.05. The molecule has 2 aliphatic heterocycles. The van der Waals surface area contributed by atoms with Crippen LogP contribution in [0.2, 0.25) is 0 Å². The Balaban J connectivity index is 1.92. The zero-order valence-corrected chi connectivity index (χ0v) is 13.6. The van der Waals surface area contributed by atoms with Crippen LogP contribution in [0.15, 0.2) is 22.7 Å². The van der Waals surface area contributed by atoms with Crippen LogP contribution in [-0.4, -0.2) is 22.9 Å². The van der Waals surface area contributed by atoms with Gasteiger partial charge in [-0.25, -0.2) is 0 Å². The van der Waals surface area contributed by atoms with E-state index in [9.17, 15) is 5.11 Å². The number of hydrogen-bond donors (Lipinski definition) is 1. The van der Waals surface area contributed by atoms with E-state index in [1.54, 1.807) is 0 Å². The monoisotopic (exact) mass is 340 g/mol. The average molecular weight is 341 g/mol. The van der Waals surface area contributed by atoms with Crippen LogP contribution in [-0.2, 0) is 4.74 Å². The summed E-state index contributed by atoms with van der Waals surface area (Å²) >= 11 is 3.45. The molecular formula is C16H21BrO3. The number of benzene rings is 1. The molecule has 0 radical (unpaired) electrons. The highest BCUT2D eigenvalue weighted by Crippen LogP contribution is 2.48. The van der Waals surface area contributed by atoms with Gasteiger partial charge < -0.3 is 14.6 Å². The van der Waals surface area contributed by atoms with Crippen molar-refractivity contribution in [2.45, 2.75) is 56.8 Å². The van der Waals surface area contributed by atoms with Crippen LogP contribution in [0.1, 0.15) is 51.2 Å². The van der Waals surface area contributed by atoms with Crippen molar-refractivity contribution in [2.24, 2.45) is 0 Å². The number of hydrogen-bond acceptors (Lipinski definition) is 3. The Morgan fingerprint density at radius 1 is 1.45 bits per heavy atom. The molecule has 2 unspecified atom stereocenters. The maximum absolute atomic E-state index is 10.5. The summed E-state index contributed by atoms with van der Waals surface area (Å²) in [6.07, 6.45) is 2.82. The molecule has 3 nitrogen and oxygen atoms in total. The number of halogens is 1. The molecule has 1 aromatic carbocycles. The molecule has 0 amide bonds. The maximum atomic E-state index is 10.5. The Morgan fingerprint density at radius 2 is 2.25 bits per heavy atom. The van der Waals surface area contributed by atoms with Gasteiger partial charge in [-0.15, -0.1) is 0 Å². The van der Waals surface area contributed by atoms with E-state index < -0.39 is 6.10 Å². The van der Waals surface area contributed by atoms with E-state index in [1.165, 1.54) is 0 Å². The molecule has 0 aromatic heterocycles. The minimum absolute atomic E-state index is 0.148. The Morgan fingerprint density at radius 3 is 3.00 bits per heavy atom. The van der Waals surface area contributed by atoms with Crippen molar-refractivity contribution in [2.75, 3.05) is 6.61 Å². The van der Waals surface area contributed by atoms with Crippen molar-refractivity contribution in [1.29, 1.82) is 0 Å². The lowest BCUT2D eigenvalue weighted by Crippen LogP contribution is -2.52. The van der Waals surface area contributed by atoms with Crippen molar-refractivity contribution in [1.82, 2.24) is 0 Å². The van der Waals surface area contributed by atoms with Crippen LogP contribution in [0.3, 0.4) is 0 Å². The summed E-state index contributed by atoms with van der Waals surface area (Å²) in [5.74, 6) is 0.812. The molecule has 0 bridgehead atoms. The van der Waals surface area contributed by atoms with Gasteiger partial charge >= 0.3 is 0 Å². The second-order valence-electron chi connectivity index (χ2n) is 6.27. The molecule has 3 rings (SSSR count). The molecule has 3 atom stereocenters. The number of rotatable bonds is 1. The summed E-state index contributed by atoms with van der Waals surface area (Å²) in [6.45, 7) is 4.98. The van der Waals surface area contributed by atoms with Crippen molar-refractivity contribution in [3.63, 3.8) is 0 Å². The molecule has 1 spiro atoms. The van der Waals surface area contributed by atoms with Gasteiger partial charge in [-0.05, 0) is 31.5 Å². The fraction of sp³-hybridized carbons (Fsp3) is 0.625. The normalized spacial score (nSPS) is 36.5. The number of ether oxygens (including phenoxy) is 2. The predicted molar refractivity (Wildman–Crippen MR) is 81.0 cm³/mol. The highest BCUT2D eigenvalue weighted by molar-refractivity contribution is 9.10. The molecule has 1 aromatic rings. The molecule has 20 heavy (non-hydrogen) atoms. The van der Waals surface area contributed by atoms with Crippen LogP contribution in [0.5, 0.6) is 5.75 Å². The van der Waals surface area contributed by atoms with Crippen molar-refractivity contribution in [3.8, 4) is 5.75 Å². The van der Waals surface area contributed by atoms with Crippen LogP contribution in [0, 0.1) is 0 Å². The summed E-state index contributed by atoms with van der Waals surface area (Å²) in [6, 6.07) is 5.86. The molecule has 1 fully saturated rings. The van der Waals surface area contributed by atoms with Crippen LogP contribution >= 0.6 is 15.9 Å². The van der Waals surface area contributed by atoms with Gasteiger partial charge in [-0.2, -0.15) is 0 Å². The quantitative estimate of drug-likeness (QED) is 0.840. The van der Waals surface area contributed by atoms with Gasteiger partial charge in [0.1, 0.15) is 11.4 Å². The average Bonchev–Trinajstić information content (AvgIpc) is 2.40. The topological polar surface area (TPSA) is 38.7 Å². The Bertz CT molecular complexity index is 518. The van der Waals surface area contributed by atoms with Crippen LogP contribution in [0.25, 0.3) is 0 Å². The molecule has 110 valence electrons. The van der Waals surface area contributed by atoms with Crippen LogP contribution < -0.4 is 4.74 Å². The Hall–Kier alpha value is -0.580. The van der Waals surface area contributed by atoms with Gasteiger partial charge in [0.05, 0.1) is 18.3 Å². The van der Waals surface area contributed by atoms with Gasteiger partial charge in [0, 0.05) is 29.3 Å². The van der Waals surface area contributed by atoms with Crippen molar-refractivity contribution < 1.29 is 14.6 Å². The van der Waals surface area contributed by atoms with E-state index in [-0.39, 0.29) is 11.2 Å². The number of aliphatic hydroxyl groups excluding tert-OH is 1. The smallest absolute Gasteiger partial charge is 0.126 e. The van der Waals surface area contributed by atoms with E-state index >= 15 is 0 Å². The highest BCUT2D eigenvalue weighted by atomic mass is 79.9. The minimum Gasteiger partial charge on any atom is -0.487 e. The fourth-order valence-corrected chi connectivity index (χ4v) is 3.78. The minimum atomic E-state index is -0.463. The van der Waals surface area contributed by atoms with Gasteiger partial charge in [0.15, 0.2) is 0 Å². The largest absolute Gasteiger partial charge is 0.487 e. The zero-order chi connectivity index (χ0) is 14.4. The molecule has 4 heteroatoms. The second kappa shape index (κ2) is 5.00. The summed E-state index contributed by atoms with van der Waals surface area (Å²) in [5.41, 5.74) is 0.448. The lowest BCUT2D eigenvalue weighted by Gasteiger charge is -2.49. The Labute approximate surface area is 128 Å². The van der Waals surface area contributed by atoms with Gasteiger partial charge in [-0.3, -0.25) is 0 Å². The zero-order valence-electron chi connectivity index (χ0n) is 12.0. The van der Waals surface area contributed by atoms with Gasteiger partial charge in [0.25, 0.3) is 0 Å². The first kappa shape index (κ1) is 14.4. The number of aliphatic hydroxyl groups is 1. The molecular weight excluding hydrogens is 320 g/mol. The SMILES string of the molecule is CCC1(C)CC2(CCO1)C[C@H](O)c1cc(Br)ccc1O2. The molecule has 2 aliphatic rings. The third-order valence-corrected chi connectivity index (χ3v) is 5.17. The standard InChI is InChI=1S/C16H21BrO3/c1-3-15(2)10-16(6-7-19-15)9-13(18)12-8-11(17)4-5-14(12)20-16/h4-5,8,13,18H,3,6-7,9-10H2,1-2H3/t13-,15?,16?/m0/s1. The molecule has 1 N–H and O–H groups in total. The van der Waals surface area contributed by atoms with E-state index in [0.29, 0.717) is 13.0 Å². The van der Waals surface area contributed by atoms with Crippen LogP contribution in [0.4, 0.5) is 0 Å². The van der Waals surface area contributed by atoms with E-state index in [4.69, 9.17) is 9.47 Å². The van der Waals surface area contributed by atoms with Crippen molar-refractivity contribution in [3.05, 3.63) is 28.2 Å². The van der Waals surface area contributed by atoms with E-state index in [2.05, 4.69) is 29.8 Å². The van der Waals surface area contributed by atoms with Gasteiger partial charge in [0.2, 0.25) is 0 Å². The number of fused-ring (bicyclic) bond motifs is 1. The third kappa shape index (κ3) is 2.49. The summed E-state index contributed by atoms with van der Waals surface area (Å²) < 4.78 is 13.2. The molecule has 0 saturated carbocycles. The molecule has 2 heterocycles. The van der Waals surface area contributed by atoms with Crippen molar-refractivity contribution >= 4 is 15.9 Å². The summed E-state index contributed by atoms with van der Waals surface area (Å²) in [5, 5.41) is 10.5. The first-order valence-electron chi connectivity index (χ1n) is 7.26. The first-order chi connectivity index (χ1) is 9.45. The summed E-state index contributed by atoms with van der Waals surface area (Å²) in [7, 11) is 0. The van der Waals surface area contributed by atoms with Gasteiger partial charge in [-0.1, -0.05) is 22.9 Å². The predicted octanol–water partition coefficient (Wildman–Crippen LogP) is 3.98. The lowest BCUT2D eigenvalue weighted by atomic mass is 9.76. The maximum Gasteiger partial charge on any atom is 0.126 e. The van der Waals surface area contributed by atoms with E-state index in [0.717, 1.165) is 35.0 Å². The second-order valence-corrected chi connectivity index (χ2v) is 7.18.